The van der Waals surface area contributed by atoms with Crippen molar-refractivity contribution in [1.82, 2.24) is 10.6 Å². The molecule has 82 valence electrons. The van der Waals surface area contributed by atoms with Gasteiger partial charge in [-0.15, -0.1) is 0 Å². The lowest BCUT2D eigenvalue weighted by Crippen LogP contribution is -2.46. The van der Waals surface area contributed by atoms with Gasteiger partial charge in [-0.25, -0.2) is 0 Å². The molecule has 1 saturated heterocycles. The van der Waals surface area contributed by atoms with Crippen LogP contribution in [0.15, 0.2) is 22.8 Å². The van der Waals surface area contributed by atoms with E-state index in [-0.39, 0.29) is 11.9 Å². The monoisotopic (exact) mass is 208 g/mol. The van der Waals surface area contributed by atoms with Gasteiger partial charge in [0.2, 0.25) is 5.91 Å². The molecule has 0 aromatic carbocycles. The molecule has 1 aromatic rings. The average molecular weight is 208 g/mol. The Balaban J connectivity index is 1.84. The first-order valence-electron chi connectivity index (χ1n) is 5.32. The van der Waals surface area contributed by atoms with Gasteiger partial charge < -0.3 is 15.1 Å². The zero-order chi connectivity index (χ0) is 10.7. The molecule has 2 N–H and O–H groups in total. The highest BCUT2D eigenvalue weighted by Gasteiger charge is 2.20. The van der Waals surface area contributed by atoms with E-state index in [2.05, 4.69) is 17.6 Å². The Labute approximate surface area is 89.0 Å². The van der Waals surface area contributed by atoms with Gasteiger partial charge in [0.15, 0.2) is 0 Å². The van der Waals surface area contributed by atoms with Gasteiger partial charge in [0, 0.05) is 19.0 Å². The Bertz CT molecular complexity index is 311. The van der Waals surface area contributed by atoms with E-state index < -0.39 is 0 Å². The van der Waals surface area contributed by atoms with Crippen LogP contribution in [0.1, 0.15) is 31.6 Å². The summed E-state index contributed by atoms with van der Waals surface area (Å²) in [7, 11) is 0. The van der Waals surface area contributed by atoms with Gasteiger partial charge in [-0.1, -0.05) is 0 Å². The van der Waals surface area contributed by atoms with E-state index in [1.807, 2.05) is 12.1 Å². The molecule has 1 aliphatic heterocycles. The lowest BCUT2D eigenvalue weighted by Gasteiger charge is -2.26. The minimum absolute atomic E-state index is 0.152. The fourth-order valence-corrected chi connectivity index (χ4v) is 1.85. The molecule has 4 nitrogen and oxygen atoms in total. The SMILES string of the molecule is CC(NC1CCC(=O)NC1)c1ccco1. The highest BCUT2D eigenvalue weighted by Crippen LogP contribution is 2.15. The molecule has 0 spiro atoms. The van der Waals surface area contributed by atoms with Crippen molar-refractivity contribution >= 4 is 5.91 Å². The van der Waals surface area contributed by atoms with E-state index in [0.29, 0.717) is 19.0 Å². The first-order valence-corrected chi connectivity index (χ1v) is 5.32. The molecule has 1 fully saturated rings. The maximum atomic E-state index is 11.0. The number of furan rings is 1. The molecule has 2 heterocycles. The summed E-state index contributed by atoms with van der Waals surface area (Å²) in [5.74, 6) is 1.09. The van der Waals surface area contributed by atoms with Crippen LogP contribution in [-0.2, 0) is 4.79 Å². The van der Waals surface area contributed by atoms with Gasteiger partial charge in [0.05, 0.1) is 12.3 Å². The number of hydrogen-bond donors (Lipinski definition) is 2. The van der Waals surface area contributed by atoms with Crippen LogP contribution in [0, 0.1) is 0 Å². The molecule has 1 aliphatic rings. The van der Waals surface area contributed by atoms with E-state index >= 15 is 0 Å². The number of nitrogens with one attached hydrogen (secondary N) is 2. The third-order valence-electron chi connectivity index (χ3n) is 2.72. The molecule has 2 unspecified atom stereocenters. The topological polar surface area (TPSA) is 54.3 Å². The smallest absolute Gasteiger partial charge is 0.220 e. The van der Waals surface area contributed by atoms with Gasteiger partial charge in [-0.05, 0) is 25.5 Å². The highest BCUT2D eigenvalue weighted by atomic mass is 16.3. The standard InChI is InChI=1S/C11H16N2O2/c1-8(10-3-2-6-15-10)13-9-4-5-11(14)12-7-9/h2-3,6,8-9,13H,4-5,7H2,1H3,(H,12,14). The van der Waals surface area contributed by atoms with E-state index in [0.717, 1.165) is 12.2 Å². The summed E-state index contributed by atoms with van der Waals surface area (Å²) in [5.41, 5.74) is 0. The van der Waals surface area contributed by atoms with Crippen molar-refractivity contribution in [3.05, 3.63) is 24.2 Å². The number of piperidine rings is 1. The molecule has 2 rings (SSSR count). The second kappa shape index (κ2) is 4.49. The Kier molecular flexibility index (Phi) is 3.06. The van der Waals surface area contributed by atoms with Gasteiger partial charge in [-0.3, -0.25) is 4.79 Å². The zero-order valence-electron chi connectivity index (χ0n) is 8.82. The lowest BCUT2D eigenvalue weighted by molar-refractivity contribution is -0.122. The van der Waals surface area contributed by atoms with Gasteiger partial charge in [-0.2, -0.15) is 0 Å². The Morgan fingerprint density at radius 1 is 1.67 bits per heavy atom. The summed E-state index contributed by atoms with van der Waals surface area (Å²) in [5, 5.41) is 6.28. The van der Waals surface area contributed by atoms with Crippen molar-refractivity contribution in [2.45, 2.75) is 31.8 Å². The van der Waals surface area contributed by atoms with Crippen LogP contribution in [0.3, 0.4) is 0 Å². The summed E-state index contributed by atoms with van der Waals surface area (Å²) in [6, 6.07) is 4.39. The lowest BCUT2D eigenvalue weighted by atomic mass is 10.1. The minimum Gasteiger partial charge on any atom is -0.468 e. The number of carbonyl (C=O) groups is 1. The third kappa shape index (κ3) is 2.59. The molecule has 0 aliphatic carbocycles. The summed E-state index contributed by atoms with van der Waals surface area (Å²) in [6.07, 6.45) is 3.19. The number of rotatable bonds is 3. The summed E-state index contributed by atoms with van der Waals surface area (Å²) < 4.78 is 5.31. The van der Waals surface area contributed by atoms with Crippen LogP contribution in [0.5, 0.6) is 0 Å². The van der Waals surface area contributed by atoms with Crippen molar-refractivity contribution in [2.24, 2.45) is 0 Å². The summed E-state index contributed by atoms with van der Waals surface area (Å²) in [4.78, 5) is 11.0. The second-order valence-corrected chi connectivity index (χ2v) is 3.94. The summed E-state index contributed by atoms with van der Waals surface area (Å²) >= 11 is 0. The van der Waals surface area contributed by atoms with Gasteiger partial charge in [0.25, 0.3) is 0 Å². The molecule has 4 heteroatoms. The molecule has 2 atom stereocenters. The highest BCUT2D eigenvalue weighted by molar-refractivity contribution is 5.76. The third-order valence-corrected chi connectivity index (χ3v) is 2.72. The van der Waals surface area contributed by atoms with Crippen LogP contribution in [0.2, 0.25) is 0 Å². The van der Waals surface area contributed by atoms with Crippen LogP contribution >= 0.6 is 0 Å². The molecule has 15 heavy (non-hydrogen) atoms. The van der Waals surface area contributed by atoms with E-state index in [1.165, 1.54) is 0 Å². The molecule has 0 radical (unpaired) electrons. The summed E-state index contributed by atoms with van der Waals surface area (Å²) in [6.45, 7) is 2.78. The predicted octanol–water partition coefficient (Wildman–Crippen LogP) is 1.21. The predicted molar refractivity (Wildman–Crippen MR) is 56.3 cm³/mol. The Morgan fingerprint density at radius 2 is 2.53 bits per heavy atom. The largest absolute Gasteiger partial charge is 0.468 e. The van der Waals surface area contributed by atoms with Crippen LogP contribution in [0.25, 0.3) is 0 Å². The average Bonchev–Trinajstić information content (AvgIpc) is 2.74. The fourth-order valence-electron chi connectivity index (χ4n) is 1.85. The van der Waals surface area contributed by atoms with Crippen molar-refractivity contribution in [3.8, 4) is 0 Å². The zero-order valence-corrected chi connectivity index (χ0v) is 8.82. The number of hydrogen-bond acceptors (Lipinski definition) is 3. The second-order valence-electron chi connectivity index (χ2n) is 3.94. The molecule has 0 bridgehead atoms. The van der Waals surface area contributed by atoms with Crippen LogP contribution in [0.4, 0.5) is 0 Å². The van der Waals surface area contributed by atoms with Gasteiger partial charge in [0.1, 0.15) is 5.76 Å². The quantitative estimate of drug-likeness (QED) is 0.785. The van der Waals surface area contributed by atoms with E-state index in [4.69, 9.17) is 4.42 Å². The maximum absolute atomic E-state index is 11.0. The first-order chi connectivity index (χ1) is 7.25. The van der Waals surface area contributed by atoms with Crippen molar-refractivity contribution < 1.29 is 9.21 Å². The van der Waals surface area contributed by atoms with Crippen molar-refractivity contribution in [1.29, 1.82) is 0 Å². The fraction of sp³-hybridized carbons (Fsp3) is 0.545. The molecule has 0 saturated carbocycles. The molecular weight excluding hydrogens is 192 g/mol. The van der Waals surface area contributed by atoms with Crippen LogP contribution < -0.4 is 10.6 Å². The van der Waals surface area contributed by atoms with Gasteiger partial charge >= 0.3 is 0 Å². The molecule has 1 aromatic heterocycles. The number of amides is 1. The van der Waals surface area contributed by atoms with Crippen molar-refractivity contribution in [2.75, 3.05) is 6.54 Å². The Hall–Kier alpha value is -1.29. The molecule has 1 amide bonds. The van der Waals surface area contributed by atoms with Crippen LogP contribution in [-0.4, -0.2) is 18.5 Å². The number of carbonyl (C=O) groups excluding carboxylic acids is 1. The minimum atomic E-state index is 0.152. The Morgan fingerprint density at radius 3 is 3.13 bits per heavy atom. The van der Waals surface area contributed by atoms with E-state index in [9.17, 15) is 4.79 Å². The van der Waals surface area contributed by atoms with Crippen molar-refractivity contribution in [3.63, 3.8) is 0 Å². The first kappa shape index (κ1) is 10.2. The normalized spacial score (nSPS) is 23.5. The van der Waals surface area contributed by atoms with E-state index in [1.54, 1.807) is 6.26 Å². The maximum Gasteiger partial charge on any atom is 0.220 e. The molecular formula is C11H16N2O2.